The molecule has 15 heavy (non-hydrogen) atoms. The van der Waals surface area contributed by atoms with E-state index in [2.05, 4.69) is 17.2 Å². The average Bonchev–Trinajstić information content (AvgIpc) is 2.58. The number of rotatable bonds is 4. The third kappa shape index (κ3) is 1.91. The van der Waals surface area contributed by atoms with Crippen molar-refractivity contribution in [2.75, 3.05) is 0 Å². The summed E-state index contributed by atoms with van der Waals surface area (Å²) in [5.41, 5.74) is 2.24. The third-order valence-corrected chi connectivity index (χ3v) is 2.57. The predicted octanol–water partition coefficient (Wildman–Crippen LogP) is 2.09. The van der Waals surface area contributed by atoms with Gasteiger partial charge in [0.05, 0.1) is 11.2 Å². The first-order chi connectivity index (χ1) is 7.33. The highest BCUT2D eigenvalue weighted by molar-refractivity contribution is 5.81. The second kappa shape index (κ2) is 4.26. The number of fused-ring (bicyclic) bond motifs is 1. The molecule has 0 bridgehead atoms. The zero-order chi connectivity index (χ0) is 10.7. The summed E-state index contributed by atoms with van der Waals surface area (Å²) in [7, 11) is 1.95. The molecule has 0 aliphatic heterocycles. The molecule has 78 valence electrons. The predicted molar refractivity (Wildman–Crippen MR) is 59.7 cm³/mol. The van der Waals surface area contributed by atoms with Gasteiger partial charge in [-0.15, -0.1) is 0 Å². The number of nitrogens with zero attached hydrogens (tertiary/aromatic N) is 2. The number of aromatic nitrogens is 2. The van der Waals surface area contributed by atoms with Crippen LogP contribution in [-0.2, 0) is 18.3 Å². The first-order valence-electron chi connectivity index (χ1n) is 5.17. The van der Waals surface area contributed by atoms with Gasteiger partial charge in [0, 0.05) is 18.9 Å². The van der Waals surface area contributed by atoms with Crippen LogP contribution >= 0.6 is 0 Å². The van der Waals surface area contributed by atoms with Crippen molar-refractivity contribution in [3.8, 4) is 0 Å². The lowest BCUT2D eigenvalue weighted by Crippen LogP contribution is -1.92. The van der Waals surface area contributed by atoms with Crippen molar-refractivity contribution >= 4 is 17.2 Å². The molecule has 2 aromatic rings. The topological polar surface area (TPSA) is 34.9 Å². The molecule has 0 saturated carbocycles. The largest absolute Gasteiger partial charge is 0.303 e. The van der Waals surface area contributed by atoms with Gasteiger partial charge in [0.2, 0.25) is 0 Å². The number of carbonyl (C=O) groups is 1. The van der Waals surface area contributed by atoms with E-state index >= 15 is 0 Å². The van der Waals surface area contributed by atoms with E-state index < -0.39 is 0 Å². The zero-order valence-electron chi connectivity index (χ0n) is 8.81. The molecule has 1 aromatic carbocycles. The van der Waals surface area contributed by atoms with E-state index in [9.17, 15) is 4.79 Å². The standard InChI is InChI=1S/C12H14N2O/c1-14-12-8-3-2-6-10(12)11(13-14)7-4-5-9-15/h2-3,6,8-9H,4-5,7H2,1H3. The van der Waals surface area contributed by atoms with Gasteiger partial charge in [0.25, 0.3) is 0 Å². The first-order valence-corrected chi connectivity index (χ1v) is 5.17. The molecule has 0 saturated heterocycles. The Bertz CT molecular complexity index is 473. The Morgan fingerprint density at radius 3 is 3.00 bits per heavy atom. The molecule has 0 radical (unpaired) electrons. The maximum atomic E-state index is 10.2. The van der Waals surface area contributed by atoms with Crippen molar-refractivity contribution in [3.63, 3.8) is 0 Å². The third-order valence-electron chi connectivity index (χ3n) is 2.57. The van der Waals surface area contributed by atoms with Gasteiger partial charge in [0.1, 0.15) is 6.29 Å². The fourth-order valence-electron chi connectivity index (χ4n) is 1.83. The van der Waals surface area contributed by atoms with Crippen LogP contribution in [0.15, 0.2) is 24.3 Å². The van der Waals surface area contributed by atoms with Crippen molar-refractivity contribution in [2.24, 2.45) is 7.05 Å². The summed E-state index contributed by atoms with van der Waals surface area (Å²) in [6.45, 7) is 0. The molecule has 1 aromatic heterocycles. The Balaban J connectivity index is 2.31. The fourth-order valence-corrected chi connectivity index (χ4v) is 1.83. The number of aryl methyl sites for hydroxylation is 2. The SMILES string of the molecule is Cn1nc(CCCC=O)c2ccccc21. The van der Waals surface area contributed by atoms with Gasteiger partial charge in [-0.2, -0.15) is 5.10 Å². The number of carbonyl (C=O) groups excluding carboxylic acids is 1. The average molecular weight is 202 g/mol. The molecule has 3 heteroatoms. The molecular formula is C12H14N2O. The Kier molecular flexibility index (Phi) is 2.81. The normalized spacial score (nSPS) is 10.7. The Hall–Kier alpha value is -1.64. The maximum absolute atomic E-state index is 10.2. The molecule has 0 spiro atoms. The molecule has 0 amide bonds. The quantitative estimate of drug-likeness (QED) is 0.562. The number of benzene rings is 1. The molecule has 0 atom stereocenters. The van der Waals surface area contributed by atoms with Gasteiger partial charge >= 0.3 is 0 Å². The highest BCUT2D eigenvalue weighted by atomic mass is 16.1. The maximum Gasteiger partial charge on any atom is 0.120 e. The van der Waals surface area contributed by atoms with E-state index in [1.807, 2.05) is 23.9 Å². The van der Waals surface area contributed by atoms with Crippen molar-refractivity contribution < 1.29 is 4.79 Å². The van der Waals surface area contributed by atoms with E-state index in [-0.39, 0.29) is 0 Å². The number of para-hydroxylation sites is 1. The number of aldehydes is 1. The number of unbranched alkanes of at least 4 members (excludes halogenated alkanes) is 1. The molecule has 0 aliphatic rings. The van der Waals surface area contributed by atoms with Crippen LogP contribution in [0.5, 0.6) is 0 Å². The van der Waals surface area contributed by atoms with Gasteiger partial charge in [-0.1, -0.05) is 18.2 Å². The lowest BCUT2D eigenvalue weighted by Gasteiger charge is -1.93. The zero-order valence-corrected chi connectivity index (χ0v) is 8.81. The highest BCUT2D eigenvalue weighted by Gasteiger charge is 2.06. The minimum atomic E-state index is 0.616. The second-order valence-electron chi connectivity index (χ2n) is 3.65. The summed E-state index contributed by atoms with van der Waals surface area (Å²) in [5, 5.41) is 5.66. The van der Waals surface area contributed by atoms with Crippen LogP contribution in [0.1, 0.15) is 18.5 Å². The van der Waals surface area contributed by atoms with E-state index in [1.165, 1.54) is 5.39 Å². The van der Waals surface area contributed by atoms with Crippen LogP contribution in [0.3, 0.4) is 0 Å². The van der Waals surface area contributed by atoms with Gasteiger partial charge in [-0.05, 0) is 18.9 Å². The minimum absolute atomic E-state index is 0.616. The lowest BCUT2D eigenvalue weighted by atomic mass is 10.1. The van der Waals surface area contributed by atoms with Gasteiger partial charge in [0.15, 0.2) is 0 Å². The fraction of sp³-hybridized carbons (Fsp3) is 0.333. The summed E-state index contributed by atoms with van der Waals surface area (Å²) in [5.74, 6) is 0. The van der Waals surface area contributed by atoms with Crippen LogP contribution in [0, 0.1) is 0 Å². The van der Waals surface area contributed by atoms with Crippen LogP contribution in [-0.4, -0.2) is 16.1 Å². The molecule has 2 rings (SSSR count). The Morgan fingerprint density at radius 1 is 1.40 bits per heavy atom. The molecule has 0 aliphatic carbocycles. The molecule has 0 fully saturated rings. The summed E-state index contributed by atoms with van der Waals surface area (Å²) >= 11 is 0. The molecular weight excluding hydrogens is 188 g/mol. The van der Waals surface area contributed by atoms with Crippen LogP contribution in [0.2, 0.25) is 0 Å². The Labute approximate surface area is 88.7 Å². The minimum Gasteiger partial charge on any atom is -0.303 e. The summed E-state index contributed by atoms with van der Waals surface area (Å²) in [6.07, 6.45) is 3.33. The summed E-state index contributed by atoms with van der Waals surface area (Å²) < 4.78 is 1.89. The smallest absolute Gasteiger partial charge is 0.120 e. The van der Waals surface area contributed by atoms with Crippen molar-refractivity contribution in [3.05, 3.63) is 30.0 Å². The van der Waals surface area contributed by atoms with Crippen molar-refractivity contribution in [1.29, 1.82) is 0 Å². The molecule has 0 unspecified atom stereocenters. The van der Waals surface area contributed by atoms with E-state index in [1.54, 1.807) is 0 Å². The van der Waals surface area contributed by atoms with Gasteiger partial charge in [-0.3, -0.25) is 4.68 Å². The van der Waals surface area contributed by atoms with Crippen molar-refractivity contribution in [2.45, 2.75) is 19.3 Å². The van der Waals surface area contributed by atoms with E-state index in [0.717, 1.165) is 30.3 Å². The van der Waals surface area contributed by atoms with Gasteiger partial charge in [-0.25, -0.2) is 0 Å². The van der Waals surface area contributed by atoms with E-state index in [4.69, 9.17) is 0 Å². The molecule has 3 nitrogen and oxygen atoms in total. The van der Waals surface area contributed by atoms with Crippen molar-refractivity contribution in [1.82, 2.24) is 9.78 Å². The van der Waals surface area contributed by atoms with Crippen LogP contribution in [0.4, 0.5) is 0 Å². The first kappa shape index (κ1) is 9.90. The highest BCUT2D eigenvalue weighted by Crippen LogP contribution is 2.18. The molecule has 1 heterocycles. The molecule has 0 N–H and O–H groups in total. The lowest BCUT2D eigenvalue weighted by molar-refractivity contribution is -0.107. The van der Waals surface area contributed by atoms with Gasteiger partial charge < -0.3 is 4.79 Å². The number of hydrogen-bond donors (Lipinski definition) is 0. The summed E-state index contributed by atoms with van der Waals surface area (Å²) in [6, 6.07) is 8.18. The van der Waals surface area contributed by atoms with Crippen LogP contribution < -0.4 is 0 Å². The number of hydrogen-bond acceptors (Lipinski definition) is 2. The summed E-state index contributed by atoms with van der Waals surface area (Å²) in [4.78, 5) is 10.2. The Morgan fingerprint density at radius 2 is 2.20 bits per heavy atom. The van der Waals surface area contributed by atoms with Crippen LogP contribution in [0.25, 0.3) is 10.9 Å². The monoisotopic (exact) mass is 202 g/mol. The second-order valence-corrected chi connectivity index (χ2v) is 3.65. The van der Waals surface area contributed by atoms with E-state index in [0.29, 0.717) is 6.42 Å².